The molecule has 37 heavy (non-hydrogen) atoms. The zero-order valence-electron chi connectivity index (χ0n) is 18.5. The van der Waals surface area contributed by atoms with Gasteiger partial charge in [-0.3, -0.25) is 29.5 Å². The minimum absolute atomic E-state index is 0. The average Bonchev–Trinajstić information content (AvgIpc) is 2.85. The number of benzene rings is 2. The van der Waals surface area contributed by atoms with Crippen LogP contribution >= 0.6 is 0 Å². The topological polar surface area (TPSA) is 115 Å². The number of pyridine rings is 2. The number of para-hydroxylation sites is 1. The standard InChI is InChI=1S/C18H12F3N3O4S.C5H5N.FH.Pd/c19-18(20,21)12-9-10-22-17(11-12)15-3-1-2-4-16(15)23-29(27,28)14-7-5-13(6-8-14)24(25)26;1-2-4-6-5-3-1;;/h1-11,23H;1-5H;1H;. The first kappa shape index (κ1) is 31.3. The Bertz CT molecular complexity index is 1380. The number of nitrogens with one attached hydrogen (secondary N) is 1. The van der Waals surface area contributed by atoms with Crippen molar-refractivity contribution in [2.45, 2.75) is 11.1 Å². The number of rotatable bonds is 5. The maximum Gasteiger partial charge on any atom is 0.416 e. The fourth-order valence-electron chi connectivity index (χ4n) is 2.81. The van der Waals surface area contributed by atoms with Gasteiger partial charge in [-0.05, 0) is 42.5 Å². The summed E-state index contributed by atoms with van der Waals surface area (Å²) in [5.41, 5.74) is -1.11. The van der Waals surface area contributed by atoms with Gasteiger partial charge in [0.15, 0.2) is 0 Å². The SMILES string of the molecule is F.O=[N+]([O-])c1ccc(S(=O)(=O)Nc2ccccc2-c2cc(C(F)(F)F)ccn2)cc1.[Pd].c1ccncc1. The van der Waals surface area contributed by atoms with Crippen molar-refractivity contribution in [3.63, 3.8) is 0 Å². The van der Waals surface area contributed by atoms with Crippen LogP contribution in [0.15, 0.2) is 102 Å². The Labute approximate surface area is 222 Å². The van der Waals surface area contributed by atoms with Crippen molar-refractivity contribution in [3.05, 3.63) is 113 Å². The number of nitro benzene ring substituents is 1. The van der Waals surface area contributed by atoms with Crippen molar-refractivity contribution < 1.29 is 51.6 Å². The Morgan fingerprint density at radius 2 is 1.49 bits per heavy atom. The Morgan fingerprint density at radius 1 is 0.865 bits per heavy atom. The van der Waals surface area contributed by atoms with Crippen LogP contribution in [0.5, 0.6) is 0 Å². The molecular formula is C23H18F4N4O4PdS. The van der Waals surface area contributed by atoms with E-state index in [9.17, 15) is 31.7 Å². The van der Waals surface area contributed by atoms with E-state index in [1.807, 2.05) is 18.2 Å². The van der Waals surface area contributed by atoms with Gasteiger partial charge >= 0.3 is 6.18 Å². The number of hydrogen-bond acceptors (Lipinski definition) is 6. The predicted molar refractivity (Wildman–Crippen MR) is 125 cm³/mol. The van der Waals surface area contributed by atoms with Gasteiger partial charge in [-0.25, -0.2) is 8.42 Å². The summed E-state index contributed by atoms with van der Waals surface area (Å²) < 4.78 is 66.4. The van der Waals surface area contributed by atoms with Gasteiger partial charge < -0.3 is 0 Å². The van der Waals surface area contributed by atoms with Crippen molar-refractivity contribution in [1.82, 2.24) is 9.97 Å². The van der Waals surface area contributed by atoms with Crippen molar-refractivity contribution in [1.29, 1.82) is 0 Å². The molecule has 0 atom stereocenters. The first-order chi connectivity index (χ1) is 16.6. The van der Waals surface area contributed by atoms with E-state index in [-0.39, 0.29) is 52.7 Å². The number of hydrogen-bond donors (Lipinski definition) is 1. The first-order valence-corrected chi connectivity index (χ1v) is 11.3. The van der Waals surface area contributed by atoms with Crippen LogP contribution < -0.4 is 4.72 Å². The number of alkyl halides is 3. The molecule has 0 saturated heterocycles. The van der Waals surface area contributed by atoms with Crippen LogP contribution in [-0.2, 0) is 36.6 Å². The average molecular weight is 629 g/mol. The summed E-state index contributed by atoms with van der Waals surface area (Å²) in [6, 6.07) is 17.4. The number of aromatic nitrogens is 2. The summed E-state index contributed by atoms with van der Waals surface area (Å²) in [4.78, 5) is 17.5. The molecule has 4 rings (SSSR count). The second-order valence-electron chi connectivity index (χ2n) is 6.85. The molecule has 0 bridgehead atoms. The van der Waals surface area contributed by atoms with Gasteiger partial charge in [0.1, 0.15) is 0 Å². The monoisotopic (exact) mass is 628 g/mol. The molecule has 0 aliphatic carbocycles. The molecule has 14 heteroatoms. The number of sulfonamides is 1. The maximum atomic E-state index is 13.0. The van der Waals surface area contributed by atoms with Crippen molar-refractivity contribution in [2.24, 2.45) is 0 Å². The summed E-state index contributed by atoms with van der Waals surface area (Å²) in [5.74, 6) is 0. The van der Waals surface area contributed by atoms with Gasteiger partial charge in [0.25, 0.3) is 15.7 Å². The number of non-ortho nitro benzene ring substituents is 1. The van der Waals surface area contributed by atoms with E-state index in [1.54, 1.807) is 12.4 Å². The summed E-state index contributed by atoms with van der Waals surface area (Å²) in [6.45, 7) is 0. The van der Waals surface area contributed by atoms with Crippen molar-refractivity contribution in [3.8, 4) is 11.3 Å². The van der Waals surface area contributed by atoms with Gasteiger partial charge in [-0.2, -0.15) is 13.2 Å². The largest absolute Gasteiger partial charge is 0.416 e. The van der Waals surface area contributed by atoms with E-state index in [2.05, 4.69) is 14.7 Å². The molecular weight excluding hydrogens is 611 g/mol. The van der Waals surface area contributed by atoms with Gasteiger partial charge in [-0.1, -0.05) is 24.3 Å². The van der Waals surface area contributed by atoms with E-state index in [0.717, 1.165) is 42.6 Å². The van der Waals surface area contributed by atoms with E-state index in [0.29, 0.717) is 0 Å². The molecule has 8 nitrogen and oxygen atoms in total. The van der Waals surface area contributed by atoms with Gasteiger partial charge in [0.2, 0.25) is 0 Å². The molecule has 0 amide bonds. The molecule has 0 fully saturated rings. The van der Waals surface area contributed by atoms with Gasteiger partial charge in [-0.15, -0.1) is 0 Å². The quantitative estimate of drug-likeness (QED) is 0.131. The van der Waals surface area contributed by atoms with Crippen LogP contribution in [0.3, 0.4) is 0 Å². The van der Waals surface area contributed by atoms with Gasteiger partial charge in [0, 0.05) is 56.7 Å². The molecule has 0 radical (unpaired) electrons. The van der Waals surface area contributed by atoms with Crippen LogP contribution in [0.4, 0.5) is 29.3 Å². The van der Waals surface area contributed by atoms with Crippen molar-refractivity contribution >= 4 is 21.4 Å². The van der Waals surface area contributed by atoms with Crippen LogP contribution in [0.1, 0.15) is 5.56 Å². The molecule has 198 valence electrons. The molecule has 0 aliphatic heterocycles. The zero-order valence-corrected chi connectivity index (χ0v) is 20.8. The minimum atomic E-state index is -4.58. The number of halogens is 4. The normalized spacial score (nSPS) is 10.6. The summed E-state index contributed by atoms with van der Waals surface area (Å²) in [7, 11) is -4.15. The molecule has 0 unspecified atom stereocenters. The van der Waals surface area contributed by atoms with E-state index in [1.165, 1.54) is 24.3 Å². The number of anilines is 1. The van der Waals surface area contributed by atoms with Crippen molar-refractivity contribution in [2.75, 3.05) is 4.72 Å². The summed E-state index contributed by atoms with van der Waals surface area (Å²) in [6.07, 6.45) is -0.0926. The minimum Gasteiger partial charge on any atom is -0.279 e. The van der Waals surface area contributed by atoms with E-state index in [4.69, 9.17) is 0 Å². The van der Waals surface area contributed by atoms with Gasteiger partial charge in [0.05, 0.1) is 26.8 Å². The van der Waals surface area contributed by atoms with E-state index >= 15 is 0 Å². The zero-order chi connectivity index (χ0) is 25.5. The fourth-order valence-corrected chi connectivity index (χ4v) is 3.89. The molecule has 0 saturated carbocycles. The molecule has 2 aromatic heterocycles. The number of nitro groups is 1. The molecule has 2 aromatic carbocycles. The Kier molecular flexibility index (Phi) is 11.5. The molecule has 0 spiro atoms. The summed E-state index contributed by atoms with van der Waals surface area (Å²) >= 11 is 0. The molecule has 1 N–H and O–H groups in total. The van der Waals surface area contributed by atoms with Crippen LogP contribution in [-0.4, -0.2) is 23.3 Å². The van der Waals surface area contributed by atoms with Crippen LogP contribution in [0.2, 0.25) is 0 Å². The number of nitrogens with zero attached hydrogens (tertiary/aromatic N) is 3. The second-order valence-corrected chi connectivity index (χ2v) is 8.54. The van der Waals surface area contributed by atoms with Crippen LogP contribution in [0.25, 0.3) is 11.3 Å². The van der Waals surface area contributed by atoms with Crippen LogP contribution in [0, 0.1) is 10.1 Å². The second kappa shape index (κ2) is 13.5. The first-order valence-electron chi connectivity index (χ1n) is 9.83. The Hall–Kier alpha value is -3.73. The predicted octanol–water partition coefficient (Wildman–Crippen LogP) is 5.71. The Morgan fingerprint density at radius 3 is 2.00 bits per heavy atom. The fraction of sp³-hybridized carbons (Fsp3) is 0.0435. The molecule has 4 aromatic rings. The maximum absolute atomic E-state index is 13.0. The Balaban J connectivity index is 0.000000753. The summed E-state index contributed by atoms with van der Waals surface area (Å²) in [5, 5.41) is 10.7. The third-order valence-electron chi connectivity index (χ3n) is 4.46. The molecule has 0 aliphatic rings. The third kappa shape index (κ3) is 8.71. The molecule has 2 heterocycles. The smallest absolute Gasteiger partial charge is 0.279 e. The van der Waals surface area contributed by atoms with E-state index < -0.39 is 26.7 Å². The third-order valence-corrected chi connectivity index (χ3v) is 5.84.